The molecule has 0 saturated carbocycles. The molecule has 0 aliphatic heterocycles. The summed E-state index contributed by atoms with van der Waals surface area (Å²) < 4.78 is 5.14. The van der Waals surface area contributed by atoms with E-state index in [-0.39, 0.29) is 12.3 Å². The highest BCUT2D eigenvalue weighted by atomic mass is 16.5. The highest BCUT2D eigenvalue weighted by Crippen LogP contribution is 2.32. The van der Waals surface area contributed by atoms with Crippen molar-refractivity contribution in [1.29, 1.82) is 0 Å². The molecule has 2 rings (SSSR count). The molecular weight excluding hydrogens is 182 g/mol. The van der Waals surface area contributed by atoms with Crippen molar-refractivity contribution in [2.75, 3.05) is 0 Å². The Morgan fingerprint density at radius 2 is 2.50 bits per heavy atom. The summed E-state index contributed by atoms with van der Waals surface area (Å²) in [6, 6.07) is 0. The fourth-order valence-corrected chi connectivity index (χ4v) is 2.04. The minimum Gasteiger partial charge on any atom is -0.481 e. The molecule has 76 valence electrons. The zero-order chi connectivity index (χ0) is 9.97. The first-order valence-electron chi connectivity index (χ1n) is 4.92. The lowest BCUT2D eigenvalue weighted by Crippen LogP contribution is -2.05. The second kappa shape index (κ2) is 3.82. The van der Waals surface area contributed by atoms with Crippen LogP contribution in [-0.4, -0.2) is 16.2 Å². The number of hydrogen-bond donors (Lipinski definition) is 1. The number of aliphatic carboxylic acids is 1. The molecule has 1 N–H and O–H groups in total. The summed E-state index contributed by atoms with van der Waals surface area (Å²) in [5.74, 6) is 0.0525. The second-order valence-corrected chi connectivity index (χ2v) is 3.76. The first-order valence-corrected chi connectivity index (χ1v) is 4.92. The van der Waals surface area contributed by atoms with Gasteiger partial charge in [0.1, 0.15) is 5.76 Å². The summed E-state index contributed by atoms with van der Waals surface area (Å²) in [5.41, 5.74) is 1.09. The topological polar surface area (TPSA) is 63.3 Å². The zero-order valence-corrected chi connectivity index (χ0v) is 7.90. The lowest BCUT2D eigenvalue weighted by Gasteiger charge is -2.08. The molecule has 1 heterocycles. The van der Waals surface area contributed by atoms with E-state index in [1.165, 1.54) is 0 Å². The first-order chi connectivity index (χ1) is 6.77. The maximum Gasteiger partial charge on any atom is 0.304 e. The van der Waals surface area contributed by atoms with Gasteiger partial charge in [0, 0.05) is 11.5 Å². The summed E-state index contributed by atoms with van der Waals surface area (Å²) in [7, 11) is 0. The fraction of sp³-hybridized carbons (Fsp3) is 0.600. The third-order valence-corrected chi connectivity index (χ3v) is 2.72. The average molecular weight is 195 g/mol. The van der Waals surface area contributed by atoms with E-state index in [0.717, 1.165) is 37.0 Å². The van der Waals surface area contributed by atoms with Gasteiger partial charge in [0.05, 0.1) is 12.6 Å². The van der Waals surface area contributed by atoms with Crippen LogP contribution in [0.2, 0.25) is 0 Å². The number of carboxylic acid groups (broad SMARTS) is 1. The van der Waals surface area contributed by atoms with E-state index in [1.807, 2.05) is 0 Å². The van der Waals surface area contributed by atoms with E-state index in [9.17, 15) is 4.79 Å². The molecule has 4 heteroatoms. The number of aryl methyl sites for hydroxylation is 1. The molecule has 1 atom stereocenters. The molecule has 0 spiro atoms. The number of carboxylic acids is 1. The van der Waals surface area contributed by atoms with Crippen LogP contribution in [0.5, 0.6) is 0 Å². The van der Waals surface area contributed by atoms with Crippen LogP contribution in [0.3, 0.4) is 0 Å². The van der Waals surface area contributed by atoms with E-state index in [2.05, 4.69) is 5.16 Å². The highest BCUT2D eigenvalue weighted by molar-refractivity contribution is 5.67. The molecule has 0 fully saturated rings. The average Bonchev–Trinajstić information content (AvgIpc) is 2.51. The molecule has 0 amide bonds. The van der Waals surface area contributed by atoms with Crippen LogP contribution in [0.4, 0.5) is 0 Å². The molecule has 0 bridgehead atoms. The third kappa shape index (κ3) is 1.78. The largest absolute Gasteiger partial charge is 0.481 e. The number of fused-ring (bicyclic) bond motifs is 1. The fourth-order valence-electron chi connectivity index (χ4n) is 2.04. The second-order valence-electron chi connectivity index (χ2n) is 3.76. The standard InChI is InChI=1S/C10H13NO3/c12-9(13)5-7-3-1-2-4-8-6-11-14-10(7)8/h6-7H,1-5H2,(H,12,13). The Labute approximate surface area is 81.9 Å². The van der Waals surface area contributed by atoms with Crippen LogP contribution >= 0.6 is 0 Å². The molecular formula is C10H13NO3. The van der Waals surface area contributed by atoms with Crippen molar-refractivity contribution in [3.05, 3.63) is 17.5 Å². The monoisotopic (exact) mass is 195 g/mol. The van der Waals surface area contributed by atoms with Crippen molar-refractivity contribution in [2.45, 2.75) is 38.0 Å². The molecule has 4 nitrogen and oxygen atoms in total. The Bertz CT molecular complexity index is 332. The van der Waals surface area contributed by atoms with E-state index in [1.54, 1.807) is 6.20 Å². The Hall–Kier alpha value is -1.32. The summed E-state index contributed by atoms with van der Waals surface area (Å²) in [6.45, 7) is 0. The molecule has 0 saturated heterocycles. The normalized spacial score (nSPS) is 21.3. The van der Waals surface area contributed by atoms with E-state index >= 15 is 0 Å². The minimum atomic E-state index is -0.765. The van der Waals surface area contributed by atoms with Crippen molar-refractivity contribution in [1.82, 2.24) is 5.16 Å². The van der Waals surface area contributed by atoms with E-state index in [4.69, 9.17) is 9.63 Å². The molecule has 0 aromatic carbocycles. The van der Waals surface area contributed by atoms with Crippen LogP contribution < -0.4 is 0 Å². The number of aromatic nitrogens is 1. The Balaban J connectivity index is 2.21. The molecule has 0 radical (unpaired) electrons. The molecule has 1 aliphatic rings. The number of carbonyl (C=O) groups is 1. The van der Waals surface area contributed by atoms with Gasteiger partial charge in [0.15, 0.2) is 0 Å². The van der Waals surface area contributed by atoms with Gasteiger partial charge in [-0.3, -0.25) is 4.79 Å². The van der Waals surface area contributed by atoms with Crippen molar-refractivity contribution in [3.8, 4) is 0 Å². The SMILES string of the molecule is O=C(O)CC1CCCCc2cnoc21. The van der Waals surface area contributed by atoms with Crippen LogP contribution in [0.25, 0.3) is 0 Å². The van der Waals surface area contributed by atoms with Crippen molar-refractivity contribution in [3.63, 3.8) is 0 Å². The smallest absolute Gasteiger partial charge is 0.304 e. The van der Waals surface area contributed by atoms with Gasteiger partial charge in [-0.2, -0.15) is 0 Å². The van der Waals surface area contributed by atoms with Gasteiger partial charge in [-0.25, -0.2) is 0 Å². The number of rotatable bonds is 2. The molecule has 1 unspecified atom stereocenters. The predicted molar refractivity (Wildman–Crippen MR) is 49.1 cm³/mol. The molecule has 1 aliphatic carbocycles. The molecule has 1 aromatic heterocycles. The Morgan fingerprint density at radius 1 is 1.64 bits per heavy atom. The van der Waals surface area contributed by atoms with Crippen molar-refractivity contribution in [2.24, 2.45) is 0 Å². The number of hydrogen-bond acceptors (Lipinski definition) is 3. The maximum atomic E-state index is 10.6. The van der Waals surface area contributed by atoms with Crippen LogP contribution in [-0.2, 0) is 11.2 Å². The van der Waals surface area contributed by atoms with Crippen molar-refractivity contribution >= 4 is 5.97 Å². The molecule has 1 aromatic rings. The minimum absolute atomic E-state index is 0.0208. The van der Waals surface area contributed by atoms with Gasteiger partial charge in [0.25, 0.3) is 0 Å². The van der Waals surface area contributed by atoms with Gasteiger partial charge >= 0.3 is 5.97 Å². The Kier molecular flexibility index (Phi) is 2.52. The van der Waals surface area contributed by atoms with E-state index in [0.29, 0.717) is 0 Å². The summed E-state index contributed by atoms with van der Waals surface area (Å²) in [6.07, 6.45) is 5.91. The van der Waals surface area contributed by atoms with Gasteiger partial charge in [0.2, 0.25) is 0 Å². The summed E-state index contributed by atoms with van der Waals surface area (Å²) in [5, 5.41) is 12.5. The van der Waals surface area contributed by atoms with Crippen LogP contribution in [0.15, 0.2) is 10.7 Å². The van der Waals surface area contributed by atoms with Crippen LogP contribution in [0, 0.1) is 0 Å². The first kappa shape index (κ1) is 9.24. The third-order valence-electron chi connectivity index (χ3n) is 2.72. The van der Waals surface area contributed by atoms with Gasteiger partial charge in [-0.1, -0.05) is 11.6 Å². The van der Waals surface area contributed by atoms with Gasteiger partial charge in [-0.05, 0) is 19.3 Å². The predicted octanol–water partition coefficient (Wildman–Crippen LogP) is 1.96. The maximum absolute atomic E-state index is 10.6. The lowest BCUT2D eigenvalue weighted by molar-refractivity contribution is -0.137. The van der Waals surface area contributed by atoms with Crippen molar-refractivity contribution < 1.29 is 14.4 Å². The molecule has 14 heavy (non-hydrogen) atoms. The van der Waals surface area contributed by atoms with Gasteiger partial charge < -0.3 is 9.63 Å². The zero-order valence-electron chi connectivity index (χ0n) is 7.90. The number of nitrogens with zero attached hydrogens (tertiary/aromatic N) is 1. The highest BCUT2D eigenvalue weighted by Gasteiger charge is 2.24. The van der Waals surface area contributed by atoms with Crippen LogP contribution in [0.1, 0.15) is 42.9 Å². The lowest BCUT2D eigenvalue weighted by atomic mass is 9.97. The quantitative estimate of drug-likeness (QED) is 0.732. The Morgan fingerprint density at radius 3 is 3.29 bits per heavy atom. The summed E-state index contributed by atoms with van der Waals surface area (Å²) in [4.78, 5) is 10.6. The van der Waals surface area contributed by atoms with E-state index < -0.39 is 5.97 Å². The van der Waals surface area contributed by atoms with Gasteiger partial charge in [-0.15, -0.1) is 0 Å². The summed E-state index contributed by atoms with van der Waals surface area (Å²) >= 11 is 0.